The number of aromatic amines is 1. The van der Waals surface area contributed by atoms with E-state index in [1.165, 1.54) is 32.2 Å². The van der Waals surface area contributed by atoms with Crippen molar-refractivity contribution in [2.75, 3.05) is 31.6 Å². The topological polar surface area (TPSA) is 66.1 Å². The maximum Gasteiger partial charge on any atom is 0.244 e. The minimum Gasteiger partial charge on any atom is -0.371 e. The summed E-state index contributed by atoms with van der Waals surface area (Å²) in [5.41, 5.74) is -0.419. The van der Waals surface area contributed by atoms with Crippen LogP contribution in [0.3, 0.4) is 0 Å². The number of aromatic nitrogens is 3. The van der Waals surface area contributed by atoms with Crippen LogP contribution in [0.25, 0.3) is 0 Å². The third-order valence-electron chi connectivity index (χ3n) is 5.04. The summed E-state index contributed by atoms with van der Waals surface area (Å²) in [6.07, 6.45) is 5.14. The van der Waals surface area contributed by atoms with Gasteiger partial charge in [-0.15, -0.1) is 5.10 Å². The van der Waals surface area contributed by atoms with Gasteiger partial charge in [-0.1, -0.05) is 0 Å². The molecule has 0 bridgehead atoms. The molecule has 6 nitrogen and oxygen atoms in total. The van der Waals surface area contributed by atoms with Crippen LogP contribution in [-0.2, 0) is 10.3 Å². The number of H-pyrrole nitrogens is 1. The number of methoxy groups -OCH3 is 1. The molecule has 21 heavy (non-hydrogen) atoms. The number of ether oxygens (including phenoxy) is 1. The lowest BCUT2D eigenvalue weighted by molar-refractivity contribution is 0.0118. The highest BCUT2D eigenvalue weighted by atomic mass is 16.5. The monoisotopic (exact) mass is 293 g/mol. The van der Waals surface area contributed by atoms with Crippen molar-refractivity contribution in [3.8, 4) is 0 Å². The standard InChI is InChI=1S/C15H27N5O/c1-15(2,21-3)13-17-14(19-18-13)20-9-6-11(7-10-20)12-5-4-8-16-12/h11-12,16H,4-10H2,1-3H3,(H,17,18,19). The van der Waals surface area contributed by atoms with Gasteiger partial charge in [0.15, 0.2) is 5.82 Å². The minimum absolute atomic E-state index is 0.419. The Balaban J connectivity index is 1.59. The van der Waals surface area contributed by atoms with E-state index < -0.39 is 5.60 Å². The predicted octanol–water partition coefficient (Wildman–Crippen LogP) is 1.65. The van der Waals surface area contributed by atoms with Crippen LogP contribution in [0.1, 0.15) is 45.4 Å². The molecule has 2 aliphatic rings. The molecular formula is C15H27N5O. The Kier molecular flexibility index (Phi) is 4.17. The molecule has 6 heteroatoms. The number of piperidine rings is 1. The first-order valence-corrected chi connectivity index (χ1v) is 8.06. The largest absolute Gasteiger partial charge is 0.371 e. The molecule has 2 N–H and O–H groups in total. The molecule has 0 spiro atoms. The summed E-state index contributed by atoms with van der Waals surface area (Å²) in [4.78, 5) is 6.91. The molecule has 3 heterocycles. The second-order valence-corrected chi connectivity index (χ2v) is 6.73. The average Bonchev–Trinajstić information content (AvgIpc) is 3.19. The SMILES string of the molecule is COC(C)(C)c1nc(N2CCC(C3CCCN3)CC2)n[nH]1. The number of nitrogens with zero attached hydrogens (tertiary/aromatic N) is 3. The second kappa shape index (κ2) is 5.93. The van der Waals surface area contributed by atoms with Gasteiger partial charge in [-0.25, -0.2) is 0 Å². The van der Waals surface area contributed by atoms with Gasteiger partial charge in [-0.2, -0.15) is 4.98 Å². The third-order valence-corrected chi connectivity index (χ3v) is 5.04. The van der Waals surface area contributed by atoms with Crippen molar-refractivity contribution in [1.29, 1.82) is 0 Å². The lowest BCUT2D eigenvalue weighted by Gasteiger charge is -2.34. The van der Waals surface area contributed by atoms with E-state index in [-0.39, 0.29) is 0 Å². The Morgan fingerprint density at radius 2 is 2.00 bits per heavy atom. The number of anilines is 1. The summed E-state index contributed by atoms with van der Waals surface area (Å²) in [5.74, 6) is 2.42. The molecule has 2 fully saturated rings. The summed E-state index contributed by atoms with van der Waals surface area (Å²) in [6.45, 7) is 7.28. The van der Waals surface area contributed by atoms with Gasteiger partial charge < -0.3 is 15.0 Å². The molecule has 0 radical (unpaired) electrons. The zero-order valence-corrected chi connectivity index (χ0v) is 13.4. The molecule has 3 rings (SSSR count). The molecule has 1 aromatic rings. The predicted molar refractivity (Wildman–Crippen MR) is 82.4 cm³/mol. The second-order valence-electron chi connectivity index (χ2n) is 6.73. The molecule has 1 atom stereocenters. The molecule has 0 saturated carbocycles. The van der Waals surface area contributed by atoms with Crippen LogP contribution in [-0.4, -0.2) is 48.0 Å². The van der Waals surface area contributed by atoms with Gasteiger partial charge in [-0.05, 0) is 52.0 Å². The number of rotatable bonds is 4. The maximum atomic E-state index is 5.45. The first-order chi connectivity index (χ1) is 10.1. The number of hydrogen-bond acceptors (Lipinski definition) is 5. The fraction of sp³-hybridized carbons (Fsp3) is 0.867. The van der Waals surface area contributed by atoms with Gasteiger partial charge in [-0.3, -0.25) is 5.10 Å². The first-order valence-electron chi connectivity index (χ1n) is 8.06. The number of hydrogen-bond donors (Lipinski definition) is 2. The van der Waals surface area contributed by atoms with E-state index in [1.807, 2.05) is 13.8 Å². The van der Waals surface area contributed by atoms with Gasteiger partial charge in [0.05, 0.1) is 0 Å². The Hall–Kier alpha value is -1.14. The average molecular weight is 293 g/mol. The van der Waals surface area contributed by atoms with Gasteiger partial charge in [0, 0.05) is 26.2 Å². The van der Waals surface area contributed by atoms with Crippen LogP contribution in [0, 0.1) is 5.92 Å². The lowest BCUT2D eigenvalue weighted by Crippen LogP contribution is -2.41. The molecule has 0 aliphatic carbocycles. The zero-order chi connectivity index (χ0) is 14.9. The molecule has 2 aliphatic heterocycles. The Morgan fingerprint density at radius 1 is 1.24 bits per heavy atom. The molecule has 1 unspecified atom stereocenters. The van der Waals surface area contributed by atoms with Gasteiger partial charge in [0.1, 0.15) is 5.60 Å². The van der Waals surface area contributed by atoms with E-state index in [1.54, 1.807) is 7.11 Å². The summed E-state index contributed by atoms with van der Waals surface area (Å²) in [6, 6.07) is 0.738. The van der Waals surface area contributed by atoms with E-state index >= 15 is 0 Å². The van der Waals surface area contributed by atoms with Crippen molar-refractivity contribution in [3.05, 3.63) is 5.82 Å². The zero-order valence-electron chi connectivity index (χ0n) is 13.4. The van der Waals surface area contributed by atoms with E-state index in [0.29, 0.717) is 0 Å². The van der Waals surface area contributed by atoms with Crippen LogP contribution in [0.4, 0.5) is 5.95 Å². The Bertz CT molecular complexity index is 458. The van der Waals surface area contributed by atoms with E-state index in [9.17, 15) is 0 Å². The highest BCUT2D eigenvalue weighted by molar-refractivity contribution is 5.30. The van der Waals surface area contributed by atoms with Crippen LogP contribution in [0.2, 0.25) is 0 Å². The van der Waals surface area contributed by atoms with E-state index in [0.717, 1.165) is 36.8 Å². The minimum atomic E-state index is -0.419. The normalized spacial score (nSPS) is 24.7. The Labute approximate surface area is 126 Å². The number of nitrogens with one attached hydrogen (secondary N) is 2. The fourth-order valence-corrected chi connectivity index (χ4v) is 3.38. The summed E-state index contributed by atoms with van der Waals surface area (Å²) < 4.78 is 5.45. The molecule has 2 saturated heterocycles. The van der Waals surface area contributed by atoms with Crippen molar-refractivity contribution in [1.82, 2.24) is 20.5 Å². The third kappa shape index (κ3) is 3.06. The lowest BCUT2D eigenvalue weighted by atomic mass is 9.89. The fourth-order valence-electron chi connectivity index (χ4n) is 3.38. The molecule has 1 aromatic heterocycles. The van der Waals surface area contributed by atoms with Crippen molar-refractivity contribution in [3.63, 3.8) is 0 Å². The van der Waals surface area contributed by atoms with Gasteiger partial charge in [0.25, 0.3) is 0 Å². The van der Waals surface area contributed by atoms with Crippen molar-refractivity contribution >= 4 is 5.95 Å². The van der Waals surface area contributed by atoms with Gasteiger partial charge >= 0.3 is 0 Å². The Morgan fingerprint density at radius 3 is 2.62 bits per heavy atom. The summed E-state index contributed by atoms with van der Waals surface area (Å²) in [5, 5.41) is 11.0. The van der Waals surface area contributed by atoms with Crippen LogP contribution < -0.4 is 10.2 Å². The summed E-state index contributed by atoms with van der Waals surface area (Å²) >= 11 is 0. The van der Waals surface area contributed by atoms with E-state index in [2.05, 4.69) is 25.4 Å². The highest BCUT2D eigenvalue weighted by Gasteiger charge is 2.30. The molecule has 118 valence electrons. The first kappa shape index (κ1) is 14.8. The smallest absolute Gasteiger partial charge is 0.244 e. The van der Waals surface area contributed by atoms with Crippen molar-refractivity contribution in [2.45, 2.75) is 51.2 Å². The molecule has 0 aromatic carbocycles. The highest BCUT2D eigenvalue weighted by Crippen LogP contribution is 2.28. The van der Waals surface area contributed by atoms with Crippen LogP contribution in [0.15, 0.2) is 0 Å². The maximum absolute atomic E-state index is 5.45. The van der Waals surface area contributed by atoms with Crippen molar-refractivity contribution < 1.29 is 4.74 Å². The molecular weight excluding hydrogens is 266 g/mol. The molecule has 0 amide bonds. The van der Waals surface area contributed by atoms with Gasteiger partial charge in [0.2, 0.25) is 5.95 Å². The quantitative estimate of drug-likeness (QED) is 0.884. The summed E-state index contributed by atoms with van der Waals surface area (Å²) in [7, 11) is 1.70. The van der Waals surface area contributed by atoms with E-state index in [4.69, 9.17) is 4.74 Å². The van der Waals surface area contributed by atoms with Crippen molar-refractivity contribution in [2.24, 2.45) is 5.92 Å². The van der Waals surface area contributed by atoms with Crippen LogP contribution >= 0.6 is 0 Å². The van der Waals surface area contributed by atoms with Crippen LogP contribution in [0.5, 0.6) is 0 Å².